The number of amides is 1. The Hall–Kier alpha value is -2.96. The highest BCUT2D eigenvalue weighted by Crippen LogP contribution is 2.22. The maximum Gasteiger partial charge on any atom is 0.282 e. The van der Waals surface area contributed by atoms with Gasteiger partial charge < -0.3 is 10.4 Å². The Balaban J connectivity index is 2.31. The van der Waals surface area contributed by atoms with E-state index in [-0.39, 0.29) is 22.8 Å². The molecular formula is C12H9N3O4. The van der Waals surface area contributed by atoms with E-state index in [1.54, 1.807) is 0 Å². The minimum atomic E-state index is -0.707. The van der Waals surface area contributed by atoms with E-state index >= 15 is 0 Å². The van der Waals surface area contributed by atoms with Crippen LogP contribution < -0.4 is 5.32 Å². The predicted molar refractivity (Wildman–Crippen MR) is 67.0 cm³/mol. The molecule has 1 heterocycles. The van der Waals surface area contributed by atoms with Gasteiger partial charge in [-0.25, -0.2) is 4.98 Å². The smallest absolute Gasteiger partial charge is 0.282 e. The molecule has 0 bridgehead atoms. The van der Waals surface area contributed by atoms with E-state index in [1.807, 2.05) is 0 Å². The minimum Gasteiger partial charge on any atom is -0.504 e. The Morgan fingerprint density at radius 1 is 1.26 bits per heavy atom. The fourth-order valence-electron chi connectivity index (χ4n) is 1.49. The number of nitro benzene ring substituents is 1. The Morgan fingerprint density at radius 2 is 2.00 bits per heavy atom. The van der Waals surface area contributed by atoms with Gasteiger partial charge in [0.2, 0.25) is 0 Å². The van der Waals surface area contributed by atoms with Crippen LogP contribution in [0.4, 0.5) is 11.5 Å². The number of nitrogens with zero attached hydrogens (tertiary/aromatic N) is 2. The summed E-state index contributed by atoms with van der Waals surface area (Å²) in [6, 6.07) is 8.38. The van der Waals surface area contributed by atoms with Gasteiger partial charge in [-0.05, 0) is 18.2 Å². The van der Waals surface area contributed by atoms with Crippen LogP contribution in [0.15, 0.2) is 42.6 Å². The first kappa shape index (κ1) is 12.5. The maximum absolute atomic E-state index is 11.9. The molecule has 19 heavy (non-hydrogen) atoms. The van der Waals surface area contributed by atoms with E-state index in [2.05, 4.69) is 10.3 Å². The summed E-state index contributed by atoms with van der Waals surface area (Å²) >= 11 is 0. The molecule has 0 unspecified atom stereocenters. The average Bonchev–Trinajstić information content (AvgIpc) is 2.41. The molecule has 0 radical (unpaired) electrons. The van der Waals surface area contributed by atoms with Gasteiger partial charge in [0.1, 0.15) is 5.56 Å². The molecule has 0 aliphatic heterocycles. The largest absolute Gasteiger partial charge is 0.504 e. The predicted octanol–water partition coefficient (Wildman–Crippen LogP) is 1.95. The highest BCUT2D eigenvalue weighted by Gasteiger charge is 2.20. The van der Waals surface area contributed by atoms with Gasteiger partial charge in [-0.3, -0.25) is 14.9 Å². The van der Waals surface area contributed by atoms with Crippen LogP contribution in [0.2, 0.25) is 0 Å². The Labute approximate surface area is 107 Å². The first-order valence-electron chi connectivity index (χ1n) is 5.28. The second-order valence-corrected chi connectivity index (χ2v) is 3.60. The Morgan fingerprint density at radius 3 is 2.68 bits per heavy atom. The van der Waals surface area contributed by atoms with E-state index in [0.717, 1.165) is 0 Å². The van der Waals surface area contributed by atoms with Gasteiger partial charge in [0.25, 0.3) is 11.6 Å². The molecule has 2 N–H and O–H groups in total. The first-order chi connectivity index (χ1) is 9.09. The monoisotopic (exact) mass is 259 g/mol. The van der Waals surface area contributed by atoms with Gasteiger partial charge in [0.15, 0.2) is 11.6 Å². The van der Waals surface area contributed by atoms with Crippen LogP contribution >= 0.6 is 0 Å². The zero-order valence-electron chi connectivity index (χ0n) is 9.61. The number of aromatic nitrogens is 1. The lowest BCUT2D eigenvalue weighted by atomic mass is 10.1. The molecular weight excluding hydrogens is 250 g/mol. The van der Waals surface area contributed by atoms with Crippen molar-refractivity contribution in [2.75, 3.05) is 5.32 Å². The Kier molecular flexibility index (Phi) is 3.37. The van der Waals surface area contributed by atoms with Crippen molar-refractivity contribution < 1.29 is 14.8 Å². The van der Waals surface area contributed by atoms with E-state index in [0.29, 0.717) is 0 Å². The number of benzene rings is 1. The zero-order chi connectivity index (χ0) is 13.8. The summed E-state index contributed by atoms with van der Waals surface area (Å²) in [6.07, 6.45) is 1.38. The van der Waals surface area contributed by atoms with Crippen molar-refractivity contribution in [2.24, 2.45) is 0 Å². The molecule has 1 aromatic heterocycles. The van der Waals surface area contributed by atoms with Gasteiger partial charge in [0, 0.05) is 12.3 Å². The topological polar surface area (TPSA) is 105 Å². The molecule has 0 saturated heterocycles. The maximum atomic E-state index is 11.9. The van der Waals surface area contributed by atoms with Crippen LogP contribution in [0.3, 0.4) is 0 Å². The van der Waals surface area contributed by atoms with E-state index in [9.17, 15) is 20.0 Å². The number of pyridine rings is 1. The quantitative estimate of drug-likeness (QED) is 0.647. The van der Waals surface area contributed by atoms with Gasteiger partial charge in [-0.2, -0.15) is 0 Å². The lowest BCUT2D eigenvalue weighted by molar-refractivity contribution is -0.385. The first-order valence-corrected chi connectivity index (χ1v) is 5.28. The summed E-state index contributed by atoms with van der Waals surface area (Å²) in [4.78, 5) is 25.9. The Bertz CT molecular complexity index is 642. The molecule has 96 valence electrons. The fourth-order valence-corrected chi connectivity index (χ4v) is 1.49. The third-order valence-electron chi connectivity index (χ3n) is 2.36. The number of hydrogen-bond donors (Lipinski definition) is 2. The molecule has 0 spiro atoms. The molecule has 0 aliphatic carbocycles. The number of nitro groups is 1. The van der Waals surface area contributed by atoms with Crippen LogP contribution in [0.25, 0.3) is 0 Å². The molecule has 0 aliphatic rings. The van der Waals surface area contributed by atoms with Crippen molar-refractivity contribution in [2.45, 2.75) is 0 Å². The number of anilines is 1. The normalized spacial score (nSPS) is 9.89. The summed E-state index contributed by atoms with van der Waals surface area (Å²) in [5, 5.41) is 22.6. The van der Waals surface area contributed by atoms with Crippen molar-refractivity contribution in [3.63, 3.8) is 0 Å². The summed E-state index contributed by atoms with van der Waals surface area (Å²) in [7, 11) is 0. The summed E-state index contributed by atoms with van der Waals surface area (Å²) in [5.41, 5.74) is -0.409. The van der Waals surface area contributed by atoms with Crippen molar-refractivity contribution in [3.05, 3.63) is 58.3 Å². The molecule has 0 fully saturated rings. The van der Waals surface area contributed by atoms with E-state index < -0.39 is 10.8 Å². The van der Waals surface area contributed by atoms with E-state index in [4.69, 9.17) is 0 Å². The number of hydrogen-bond acceptors (Lipinski definition) is 5. The standard InChI is InChI=1S/C12H9N3O4/c16-10-6-3-7-13-11(10)14-12(17)8-4-1-2-5-9(8)15(18)19/h1-7,16H,(H,13,14,17). The minimum absolute atomic E-state index is 0.0503. The second kappa shape index (κ2) is 5.13. The number of carbonyl (C=O) groups excluding carboxylic acids is 1. The third kappa shape index (κ3) is 2.65. The van der Waals surface area contributed by atoms with Crippen LogP contribution in [0.1, 0.15) is 10.4 Å². The van der Waals surface area contributed by atoms with Crippen molar-refractivity contribution in [1.29, 1.82) is 0 Å². The van der Waals surface area contributed by atoms with Gasteiger partial charge in [-0.1, -0.05) is 12.1 Å². The lowest BCUT2D eigenvalue weighted by Gasteiger charge is -2.06. The van der Waals surface area contributed by atoms with Gasteiger partial charge in [-0.15, -0.1) is 0 Å². The lowest BCUT2D eigenvalue weighted by Crippen LogP contribution is -2.14. The number of rotatable bonds is 3. The fraction of sp³-hybridized carbons (Fsp3) is 0. The van der Waals surface area contributed by atoms with Crippen LogP contribution in [0.5, 0.6) is 5.75 Å². The number of para-hydroxylation sites is 1. The van der Waals surface area contributed by atoms with Gasteiger partial charge in [0.05, 0.1) is 4.92 Å². The second-order valence-electron chi connectivity index (χ2n) is 3.60. The third-order valence-corrected chi connectivity index (χ3v) is 2.36. The number of carbonyl (C=O) groups is 1. The van der Waals surface area contributed by atoms with Crippen LogP contribution in [-0.4, -0.2) is 20.9 Å². The molecule has 2 rings (SSSR count). The van der Waals surface area contributed by atoms with Crippen molar-refractivity contribution >= 4 is 17.4 Å². The van der Waals surface area contributed by atoms with Crippen LogP contribution in [-0.2, 0) is 0 Å². The van der Waals surface area contributed by atoms with Crippen LogP contribution in [0, 0.1) is 10.1 Å². The molecule has 7 nitrogen and oxygen atoms in total. The highest BCUT2D eigenvalue weighted by atomic mass is 16.6. The average molecular weight is 259 g/mol. The molecule has 0 saturated carbocycles. The summed E-state index contributed by atoms with van der Waals surface area (Å²) < 4.78 is 0. The molecule has 1 amide bonds. The zero-order valence-corrected chi connectivity index (χ0v) is 9.61. The summed E-state index contributed by atoms with van der Waals surface area (Å²) in [6.45, 7) is 0. The molecule has 2 aromatic rings. The SMILES string of the molecule is O=C(Nc1ncccc1O)c1ccccc1[N+](=O)[O-]. The van der Waals surface area contributed by atoms with E-state index in [1.165, 1.54) is 42.6 Å². The van der Waals surface area contributed by atoms with Crippen molar-refractivity contribution in [1.82, 2.24) is 4.98 Å². The number of aromatic hydroxyl groups is 1. The van der Waals surface area contributed by atoms with Crippen molar-refractivity contribution in [3.8, 4) is 5.75 Å². The number of nitrogens with one attached hydrogen (secondary N) is 1. The molecule has 1 aromatic carbocycles. The highest BCUT2D eigenvalue weighted by molar-refractivity contribution is 6.07. The van der Waals surface area contributed by atoms with Gasteiger partial charge >= 0.3 is 0 Å². The molecule has 7 heteroatoms. The summed E-state index contributed by atoms with van der Waals surface area (Å²) in [5.74, 6) is -0.971. The molecule has 0 atom stereocenters.